The molecule has 20 heavy (non-hydrogen) atoms. The molecule has 1 aromatic heterocycles. The molecule has 0 amide bonds. The largest absolute Gasteiger partial charge is 0.486 e. The van der Waals surface area contributed by atoms with Crippen LogP contribution in [0.1, 0.15) is 30.1 Å². The van der Waals surface area contributed by atoms with Crippen molar-refractivity contribution in [2.75, 3.05) is 0 Å². The highest BCUT2D eigenvalue weighted by Gasteiger charge is 2.06. The molecule has 0 saturated heterocycles. The molecule has 0 bridgehead atoms. The lowest BCUT2D eigenvalue weighted by Gasteiger charge is -2.07. The number of nitrogens with zero attached hydrogens (tertiary/aromatic N) is 1. The van der Waals surface area contributed by atoms with E-state index in [4.69, 9.17) is 16.3 Å². The van der Waals surface area contributed by atoms with Crippen molar-refractivity contribution in [1.29, 1.82) is 0 Å². The number of aryl methyl sites for hydroxylation is 1. The molecule has 0 atom stereocenters. The van der Waals surface area contributed by atoms with Gasteiger partial charge >= 0.3 is 0 Å². The van der Waals surface area contributed by atoms with E-state index in [-0.39, 0.29) is 0 Å². The van der Waals surface area contributed by atoms with Gasteiger partial charge in [-0.2, -0.15) is 0 Å². The Labute approximate surface area is 129 Å². The molecule has 2 rings (SSSR count). The molecule has 0 radical (unpaired) electrons. The van der Waals surface area contributed by atoms with Crippen molar-refractivity contribution in [3.8, 4) is 5.75 Å². The predicted molar refractivity (Wildman–Crippen MR) is 84.6 cm³/mol. The third-order valence-corrected chi connectivity index (χ3v) is 3.92. The number of halogens is 1. The van der Waals surface area contributed by atoms with Crippen LogP contribution in [-0.4, -0.2) is 11.0 Å². The molecular weight excluding hydrogens is 292 g/mol. The third-order valence-electron chi connectivity index (χ3n) is 2.72. The Balaban J connectivity index is 1.90. The van der Waals surface area contributed by atoms with Gasteiger partial charge in [-0.25, -0.2) is 4.98 Å². The van der Waals surface area contributed by atoms with Crippen LogP contribution in [0.3, 0.4) is 0 Å². The number of thiazole rings is 1. The highest BCUT2D eigenvalue weighted by molar-refractivity contribution is 7.09. The summed E-state index contributed by atoms with van der Waals surface area (Å²) in [6.45, 7) is 7.49. The molecule has 0 saturated carbocycles. The lowest BCUT2D eigenvalue weighted by atomic mass is 10.2. The number of hydrogen-bond donors (Lipinski definition) is 1. The van der Waals surface area contributed by atoms with Crippen molar-refractivity contribution in [3.63, 3.8) is 0 Å². The summed E-state index contributed by atoms with van der Waals surface area (Å²) in [5.74, 6) is 0.701. The van der Waals surface area contributed by atoms with Gasteiger partial charge in [-0.05, 0) is 24.6 Å². The lowest BCUT2D eigenvalue weighted by Crippen LogP contribution is -2.21. The van der Waals surface area contributed by atoms with Gasteiger partial charge in [0.2, 0.25) is 0 Å². The highest BCUT2D eigenvalue weighted by atomic mass is 35.5. The highest BCUT2D eigenvalue weighted by Crippen LogP contribution is 2.26. The van der Waals surface area contributed by atoms with E-state index in [1.165, 1.54) is 0 Å². The van der Waals surface area contributed by atoms with Gasteiger partial charge in [-0.1, -0.05) is 31.5 Å². The maximum atomic E-state index is 6.13. The van der Waals surface area contributed by atoms with Gasteiger partial charge in [0, 0.05) is 18.0 Å². The summed E-state index contributed by atoms with van der Waals surface area (Å²) in [6, 6.07) is 6.24. The van der Waals surface area contributed by atoms with Crippen LogP contribution in [0.5, 0.6) is 5.75 Å². The molecule has 108 valence electrons. The van der Waals surface area contributed by atoms with Gasteiger partial charge in [-0.3, -0.25) is 0 Å². The fourth-order valence-corrected chi connectivity index (χ4v) is 2.68. The van der Waals surface area contributed by atoms with E-state index in [0.29, 0.717) is 23.4 Å². The lowest BCUT2D eigenvalue weighted by molar-refractivity contribution is 0.302. The first-order valence-corrected chi connectivity index (χ1v) is 7.86. The minimum Gasteiger partial charge on any atom is -0.486 e. The second-order valence-electron chi connectivity index (χ2n) is 4.99. The second-order valence-corrected chi connectivity index (χ2v) is 6.34. The number of rotatable bonds is 6. The normalized spacial score (nSPS) is 11.1. The summed E-state index contributed by atoms with van der Waals surface area (Å²) in [4.78, 5) is 4.53. The van der Waals surface area contributed by atoms with E-state index in [1.807, 2.05) is 30.5 Å². The van der Waals surface area contributed by atoms with E-state index in [0.717, 1.165) is 22.8 Å². The van der Waals surface area contributed by atoms with Crippen molar-refractivity contribution in [2.24, 2.45) is 0 Å². The Kier molecular flexibility index (Phi) is 5.40. The molecule has 0 aliphatic rings. The fourth-order valence-electron chi connectivity index (χ4n) is 1.66. The van der Waals surface area contributed by atoms with Crippen molar-refractivity contribution in [2.45, 2.75) is 40.0 Å². The van der Waals surface area contributed by atoms with Crippen molar-refractivity contribution < 1.29 is 4.74 Å². The smallest absolute Gasteiger partial charge is 0.138 e. The van der Waals surface area contributed by atoms with Gasteiger partial charge in [-0.15, -0.1) is 11.3 Å². The van der Waals surface area contributed by atoms with Crippen LogP contribution < -0.4 is 10.1 Å². The summed E-state index contributed by atoms with van der Waals surface area (Å²) in [6.07, 6.45) is 0. The molecule has 0 spiro atoms. The molecule has 3 nitrogen and oxygen atoms in total. The standard InChI is InChI=1S/C15H19ClN2OS/c1-10(2)17-7-15-18-12(9-20-15)8-19-14-5-4-11(3)6-13(14)16/h4-6,9-10,17H,7-8H2,1-3H3. The Morgan fingerprint density at radius 1 is 1.40 bits per heavy atom. The first kappa shape index (κ1) is 15.3. The second kappa shape index (κ2) is 7.07. The van der Waals surface area contributed by atoms with E-state index in [9.17, 15) is 0 Å². The van der Waals surface area contributed by atoms with Crippen LogP contribution >= 0.6 is 22.9 Å². The summed E-state index contributed by atoms with van der Waals surface area (Å²) in [5.41, 5.74) is 2.06. The van der Waals surface area contributed by atoms with Gasteiger partial charge in [0.25, 0.3) is 0 Å². The number of nitrogens with one attached hydrogen (secondary N) is 1. The zero-order valence-corrected chi connectivity index (χ0v) is 13.5. The molecule has 5 heteroatoms. The van der Waals surface area contributed by atoms with Crippen LogP contribution in [0.15, 0.2) is 23.6 Å². The quantitative estimate of drug-likeness (QED) is 0.869. The van der Waals surface area contributed by atoms with Gasteiger partial charge in [0.1, 0.15) is 17.4 Å². The average Bonchev–Trinajstić information content (AvgIpc) is 2.83. The van der Waals surface area contributed by atoms with Gasteiger partial charge < -0.3 is 10.1 Å². The molecule has 1 N–H and O–H groups in total. The number of ether oxygens (including phenoxy) is 1. The minimum atomic E-state index is 0.445. The predicted octanol–water partition coefficient (Wildman–Crippen LogP) is 4.18. The Bertz CT molecular complexity index is 569. The average molecular weight is 311 g/mol. The molecule has 2 aromatic rings. The first-order valence-electron chi connectivity index (χ1n) is 6.60. The fraction of sp³-hybridized carbons (Fsp3) is 0.400. The van der Waals surface area contributed by atoms with E-state index < -0.39 is 0 Å². The molecule has 1 heterocycles. The van der Waals surface area contributed by atoms with Crippen LogP contribution in [-0.2, 0) is 13.2 Å². The SMILES string of the molecule is Cc1ccc(OCc2csc(CNC(C)C)n2)c(Cl)c1. The van der Waals surface area contributed by atoms with Crippen LogP contribution in [0.4, 0.5) is 0 Å². The maximum absolute atomic E-state index is 6.13. The minimum absolute atomic E-state index is 0.445. The summed E-state index contributed by atoms with van der Waals surface area (Å²) < 4.78 is 5.71. The topological polar surface area (TPSA) is 34.1 Å². The van der Waals surface area contributed by atoms with Gasteiger partial charge in [0.05, 0.1) is 10.7 Å². The molecule has 0 aliphatic heterocycles. The molecule has 0 unspecified atom stereocenters. The number of hydrogen-bond acceptors (Lipinski definition) is 4. The van der Waals surface area contributed by atoms with E-state index in [1.54, 1.807) is 11.3 Å². The van der Waals surface area contributed by atoms with Crippen molar-refractivity contribution in [3.05, 3.63) is 44.9 Å². The zero-order chi connectivity index (χ0) is 14.5. The van der Waals surface area contributed by atoms with Crippen molar-refractivity contribution >= 4 is 22.9 Å². The summed E-state index contributed by atoms with van der Waals surface area (Å²) >= 11 is 7.78. The first-order chi connectivity index (χ1) is 9.54. The molecule has 1 aromatic carbocycles. The van der Waals surface area contributed by atoms with Gasteiger partial charge in [0.15, 0.2) is 0 Å². The van der Waals surface area contributed by atoms with Crippen LogP contribution in [0.25, 0.3) is 0 Å². The Hall–Kier alpha value is -1.10. The molecule has 0 fully saturated rings. The van der Waals surface area contributed by atoms with Crippen molar-refractivity contribution in [1.82, 2.24) is 10.3 Å². The third kappa shape index (κ3) is 4.47. The Morgan fingerprint density at radius 3 is 2.90 bits per heavy atom. The number of benzene rings is 1. The summed E-state index contributed by atoms with van der Waals surface area (Å²) in [5, 5.41) is 7.09. The summed E-state index contributed by atoms with van der Waals surface area (Å²) in [7, 11) is 0. The van der Waals surface area contributed by atoms with Crippen LogP contribution in [0, 0.1) is 6.92 Å². The maximum Gasteiger partial charge on any atom is 0.138 e. The molecular formula is C15H19ClN2OS. The van der Waals surface area contributed by atoms with Crippen LogP contribution in [0.2, 0.25) is 5.02 Å². The number of aromatic nitrogens is 1. The van der Waals surface area contributed by atoms with E-state index in [2.05, 4.69) is 24.1 Å². The monoisotopic (exact) mass is 310 g/mol. The Morgan fingerprint density at radius 2 is 2.20 bits per heavy atom. The zero-order valence-electron chi connectivity index (χ0n) is 11.9. The van der Waals surface area contributed by atoms with E-state index >= 15 is 0 Å². The molecule has 0 aliphatic carbocycles.